The zero-order valence-corrected chi connectivity index (χ0v) is 10.5. The third-order valence-electron chi connectivity index (χ3n) is 1.79. The van der Waals surface area contributed by atoms with E-state index in [0.717, 1.165) is 0 Å². The Morgan fingerprint density at radius 2 is 1.85 bits per heavy atom. The molecule has 1 aliphatic heterocycles. The van der Waals surface area contributed by atoms with Gasteiger partial charge in [-0.1, -0.05) is 66.0 Å². The van der Waals surface area contributed by atoms with E-state index in [1.807, 2.05) is 23.5 Å². The largest absolute Gasteiger partial charge is 0.289 e. The maximum absolute atomic E-state index is 11.0. The average Bonchev–Trinajstić information content (AvgIpc) is 2.57. The summed E-state index contributed by atoms with van der Waals surface area (Å²) < 4.78 is 3.46. The van der Waals surface area contributed by atoms with Gasteiger partial charge in [-0.25, -0.2) is 0 Å². The van der Waals surface area contributed by atoms with E-state index in [1.165, 1.54) is 50.4 Å². The van der Waals surface area contributed by atoms with Crippen molar-refractivity contribution in [1.82, 2.24) is 0 Å². The smallest absolute Gasteiger partial charge is 0.265 e. The van der Waals surface area contributed by atoms with Gasteiger partial charge in [0.05, 0.1) is 13.0 Å². The maximum Gasteiger partial charge on any atom is 0.289 e. The van der Waals surface area contributed by atoms with Gasteiger partial charge in [0.25, 0.3) is 4.06 Å². The summed E-state index contributed by atoms with van der Waals surface area (Å²) in [7, 11) is 0. The number of hydrogen-bond donors (Lipinski definition) is 0. The second-order valence-electron chi connectivity index (χ2n) is 2.84. The van der Waals surface area contributed by atoms with Crippen molar-refractivity contribution < 1.29 is 0 Å². The molecule has 5 heteroatoms. The summed E-state index contributed by atoms with van der Waals surface area (Å²) in [5.74, 6) is 0. The zero-order valence-electron chi connectivity index (χ0n) is 7.24. The molecule has 13 heavy (non-hydrogen) atoms. The van der Waals surface area contributed by atoms with Crippen LogP contribution in [-0.4, -0.2) is 4.58 Å². The van der Waals surface area contributed by atoms with Crippen molar-refractivity contribution in [2.24, 2.45) is 0 Å². The lowest BCUT2D eigenvalue weighted by molar-refractivity contribution is 0.764. The van der Waals surface area contributed by atoms with E-state index in [-0.39, 0.29) is 4.06 Å². The van der Waals surface area contributed by atoms with Crippen molar-refractivity contribution in [3.63, 3.8) is 0 Å². The van der Waals surface area contributed by atoms with Gasteiger partial charge >= 0.3 is 0 Å². The molecule has 0 spiro atoms. The SMILES string of the molecule is CCCCC1Sc2sc(=O)sc2S1. The van der Waals surface area contributed by atoms with Crippen molar-refractivity contribution in [1.29, 1.82) is 0 Å². The highest BCUT2D eigenvalue weighted by Crippen LogP contribution is 2.52. The first-order valence-electron chi connectivity index (χ1n) is 4.27. The van der Waals surface area contributed by atoms with Gasteiger partial charge in [0, 0.05) is 0 Å². The fourth-order valence-corrected chi connectivity index (χ4v) is 7.59. The molecule has 0 unspecified atom stereocenters. The first kappa shape index (κ1) is 10.1. The highest BCUT2D eigenvalue weighted by molar-refractivity contribution is 8.21. The maximum atomic E-state index is 11.0. The van der Waals surface area contributed by atoms with Gasteiger partial charge < -0.3 is 0 Å². The number of hydrogen-bond acceptors (Lipinski definition) is 5. The highest BCUT2D eigenvalue weighted by atomic mass is 32.2. The lowest BCUT2D eigenvalue weighted by Crippen LogP contribution is -1.90. The molecule has 0 aromatic carbocycles. The normalized spacial score (nSPS) is 16.4. The first-order chi connectivity index (χ1) is 6.29. The second-order valence-corrected chi connectivity index (χ2v) is 8.30. The van der Waals surface area contributed by atoms with Crippen LogP contribution in [0.2, 0.25) is 0 Å². The van der Waals surface area contributed by atoms with Crippen molar-refractivity contribution >= 4 is 46.2 Å². The Kier molecular flexibility index (Phi) is 3.40. The first-order valence-corrected chi connectivity index (χ1v) is 7.66. The zero-order chi connectivity index (χ0) is 9.26. The summed E-state index contributed by atoms with van der Waals surface area (Å²) in [6.07, 6.45) is 3.84. The molecule has 0 atom stereocenters. The van der Waals surface area contributed by atoms with Gasteiger partial charge in [-0.05, 0) is 6.42 Å². The van der Waals surface area contributed by atoms with E-state index in [4.69, 9.17) is 0 Å². The lowest BCUT2D eigenvalue weighted by atomic mass is 10.3. The molecule has 0 bridgehead atoms. The van der Waals surface area contributed by atoms with Crippen LogP contribution in [0.4, 0.5) is 0 Å². The van der Waals surface area contributed by atoms with Crippen molar-refractivity contribution in [3.05, 3.63) is 8.85 Å². The summed E-state index contributed by atoms with van der Waals surface area (Å²) in [4.78, 5) is 11.0. The Hall–Kier alpha value is 0.550. The van der Waals surface area contributed by atoms with Gasteiger partial charge in [0.15, 0.2) is 0 Å². The van der Waals surface area contributed by atoms with E-state index in [0.29, 0.717) is 4.58 Å². The molecule has 0 amide bonds. The molecule has 0 saturated heterocycles. The minimum Gasteiger partial charge on any atom is -0.265 e. The standard InChI is InChI=1S/C8H10OS4/c1-2-3-4-5-10-6-7(11-5)13-8(9)12-6/h5H,2-4H2,1H3. The van der Waals surface area contributed by atoms with Gasteiger partial charge in [0.2, 0.25) is 0 Å². The fraction of sp³-hybridized carbons (Fsp3) is 0.625. The van der Waals surface area contributed by atoms with E-state index in [1.54, 1.807) is 0 Å². The predicted octanol–water partition coefficient (Wildman–Crippen LogP) is 3.88. The van der Waals surface area contributed by atoms with Gasteiger partial charge in [0.1, 0.15) is 0 Å². The Morgan fingerprint density at radius 3 is 2.38 bits per heavy atom. The molecule has 0 saturated carbocycles. The molecule has 0 aliphatic carbocycles. The summed E-state index contributed by atoms with van der Waals surface area (Å²) in [6, 6.07) is 0. The van der Waals surface area contributed by atoms with Gasteiger partial charge in [-0.15, -0.1) is 0 Å². The van der Waals surface area contributed by atoms with E-state index < -0.39 is 0 Å². The van der Waals surface area contributed by atoms with E-state index in [2.05, 4.69) is 6.92 Å². The van der Waals surface area contributed by atoms with Crippen LogP contribution in [0, 0.1) is 0 Å². The van der Waals surface area contributed by atoms with E-state index >= 15 is 0 Å². The van der Waals surface area contributed by atoms with Crippen LogP contribution in [0.25, 0.3) is 0 Å². The van der Waals surface area contributed by atoms with Crippen LogP contribution < -0.4 is 4.06 Å². The Balaban J connectivity index is 1.98. The highest BCUT2D eigenvalue weighted by Gasteiger charge is 2.25. The molecule has 0 N–H and O–H groups in total. The third-order valence-corrected chi connectivity index (χ3v) is 7.41. The number of fused-ring (bicyclic) bond motifs is 1. The monoisotopic (exact) mass is 250 g/mol. The number of rotatable bonds is 3. The van der Waals surface area contributed by atoms with Gasteiger partial charge in [-0.3, -0.25) is 4.79 Å². The minimum absolute atomic E-state index is 0.249. The fourth-order valence-electron chi connectivity index (χ4n) is 1.15. The minimum atomic E-state index is 0.249. The molecule has 72 valence electrons. The lowest BCUT2D eigenvalue weighted by Gasteiger charge is -2.04. The molecule has 1 nitrogen and oxygen atoms in total. The average molecular weight is 250 g/mol. The van der Waals surface area contributed by atoms with Crippen LogP contribution in [0.5, 0.6) is 0 Å². The molecular weight excluding hydrogens is 240 g/mol. The number of unbranched alkanes of at least 4 members (excludes halogenated alkanes) is 1. The Labute approximate surface area is 93.9 Å². The summed E-state index contributed by atoms with van der Waals surface area (Å²) in [6.45, 7) is 2.22. The topological polar surface area (TPSA) is 17.1 Å². The molecule has 1 aromatic heterocycles. The molecule has 2 rings (SSSR count). The Morgan fingerprint density at radius 1 is 1.23 bits per heavy atom. The van der Waals surface area contributed by atoms with Crippen molar-refractivity contribution in [2.75, 3.05) is 0 Å². The quantitative estimate of drug-likeness (QED) is 0.810. The van der Waals surface area contributed by atoms with E-state index in [9.17, 15) is 4.79 Å². The molecule has 0 fully saturated rings. The van der Waals surface area contributed by atoms with Crippen LogP contribution in [0.15, 0.2) is 13.2 Å². The predicted molar refractivity (Wildman–Crippen MR) is 63.5 cm³/mol. The third kappa shape index (κ3) is 2.32. The second kappa shape index (κ2) is 4.38. The van der Waals surface area contributed by atoms with Crippen LogP contribution in [-0.2, 0) is 0 Å². The molecule has 0 radical (unpaired) electrons. The Bertz CT molecular complexity index is 314. The summed E-state index contributed by atoms with van der Waals surface area (Å²) >= 11 is 6.62. The number of thioether (sulfide) groups is 2. The molecular formula is C8H10OS4. The molecule has 2 heterocycles. The van der Waals surface area contributed by atoms with Crippen LogP contribution in [0.1, 0.15) is 26.2 Å². The summed E-state index contributed by atoms with van der Waals surface area (Å²) in [5, 5.41) is 0. The molecule has 1 aromatic rings. The van der Waals surface area contributed by atoms with Crippen LogP contribution in [0.3, 0.4) is 0 Å². The van der Waals surface area contributed by atoms with Crippen LogP contribution >= 0.6 is 46.2 Å². The van der Waals surface area contributed by atoms with Crippen molar-refractivity contribution in [3.8, 4) is 0 Å². The van der Waals surface area contributed by atoms with Gasteiger partial charge in [-0.2, -0.15) is 0 Å². The summed E-state index contributed by atoms with van der Waals surface area (Å²) in [5.41, 5.74) is 0. The van der Waals surface area contributed by atoms with Crippen molar-refractivity contribution in [2.45, 2.75) is 39.2 Å². The molecule has 1 aliphatic rings.